The molecule has 3 heteroatoms. The van der Waals surface area contributed by atoms with E-state index in [-0.39, 0.29) is 6.61 Å². The van der Waals surface area contributed by atoms with Gasteiger partial charge in [-0.15, -0.1) is 0 Å². The average Bonchev–Trinajstić information content (AvgIpc) is 2.14. The van der Waals surface area contributed by atoms with Crippen LogP contribution in [0, 0.1) is 0 Å². The van der Waals surface area contributed by atoms with Crippen molar-refractivity contribution < 1.29 is 9.53 Å². The molecule has 0 rings (SSSR count). The van der Waals surface area contributed by atoms with E-state index in [2.05, 4.69) is 46.0 Å². The normalized spacial score (nSPS) is 13.6. The van der Waals surface area contributed by atoms with E-state index in [0.29, 0.717) is 5.04 Å². The summed E-state index contributed by atoms with van der Waals surface area (Å²) in [6.07, 6.45) is 7.10. The molecule has 0 saturated heterocycles. The van der Waals surface area contributed by atoms with Gasteiger partial charge in [0, 0.05) is 13.2 Å². The highest BCUT2D eigenvalue weighted by Gasteiger charge is 2.36. The summed E-state index contributed by atoms with van der Waals surface area (Å²) in [5, 5.41) is 8.91. The van der Waals surface area contributed by atoms with Crippen LogP contribution in [0.1, 0.15) is 40.0 Å². The lowest BCUT2D eigenvalue weighted by Crippen LogP contribution is -2.40. The van der Waals surface area contributed by atoms with E-state index >= 15 is 0 Å². The third-order valence-electron chi connectivity index (χ3n) is 3.25. The van der Waals surface area contributed by atoms with E-state index in [0.717, 1.165) is 25.9 Å². The van der Waals surface area contributed by atoms with Crippen molar-refractivity contribution in [1.29, 1.82) is 0 Å². The number of hydrogen-bond acceptors (Lipinski definition) is 2. The second-order valence-electron chi connectivity index (χ2n) is 5.73. The van der Waals surface area contributed by atoms with Gasteiger partial charge in [0.15, 0.2) is 8.32 Å². The topological polar surface area (TPSA) is 29.5 Å². The molecule has 0 aliphatic heterocycles. The second kappa shape index (κ2) is 7.25. The molecule has 0 unspecified atom stereocenters. The summed E-state index contributed by atoms with van der Waals surface area (Å²) in [7, 11) is -1.55. The molecule has 0 aromatic rings. The van der Waals surface area contributed by atoms with Crippen LogP contribution in [0.4, 0.5) is 0 Å². The maximum atomic E-state index is 8.61. The molecule has 0 bridgehead atoms. The molecule has 0 spiro atoms. The summed E-state index contributed by atoms with van der Waals surface area (Å²) in [5.41, 5.74) is 0. The van der Waals surface area contributed by atoms with Crippen molar-refractivity contribution in [2.45, 2.75) is 58.2 Å². The SMILES string of the molecule is CC(C)(C)[Si](C)(C)OCC/C=C\CCCO. The van der Waals surface area contributed by atoms with Crippen molar-refractivity contribution >= 4 is 8.32 Å². The summed E-state index contributed by atoms with van der Waals surface area (Å²) < 4.78 is 6.04. The standard InChI is InChI=1S/C13H28O2Si/c1-13(2,3)16(4,5)15-12-10-8-6-7-9-11-14/h6,8,14H,7,9-12H2,1-5H3/b8-6-. The quantitative estimate of drug-likeness (QED) is 0.420. The summed E-state index contributed by atoms with van der Waals surface area (Å²) in [4.78, 5) is 0. The predicted molar refractivity (Wildman–Crippen MR) is 73.2 cm³/mol. The molecule has 0 fully saturated rings. The zero-order valence-corrected chi connectivity index (χ0v) is 12.5. The van der Waals surface area contributed by atoms with E-state index in [1.54, 1.807) is 0 Å². The molecule has 0 amide bonds. The van der Waals surface area contributed by atoms with Crippen molar-refractivity contribution in [2.24, 2.45) is 0 Å². The highest BCUT2D eigenvalue weighted by atomic mass is 28.4. The molecule has 2 nitrogen and oxygen atoms in total. The Morgan fingerprint density at radius 1 is 1.12 bits per heavy atom. The van der Waals surface area contributed by atoms with Gasteiger partial charge in [0.2, 0.25) is 0 Å². The average molecular weight is 244 g/mol. The van der Waals surface area contributed by atoms with Crippen molar-refractivity contribution in [1.82, 2.24) is 0 Å². The molecule has 16 heavy (non-hydrogen) atoms. The van der Waals surface area contributed by atoms with Gasteiger partial charge in [-0.3, -0.25) is 0 Å². The van der Waals surface area contributed by atoms with Crippen molar-refractivity contribution in [3.8, 4) is 0 Å². The third-order valence-corrected chi connectivity index (χ3v) is 7.79. The highest BCUT2D eigenvalue weighted by Crippen LogP contribution is 2.36. The van der Waals surface area contributed by atoms with Gasteiger partial charge >= 0.3 is 0 Å². The molecular weight excluding hydrogens is 216 g/mol. The van der Waals surface area contributed by atoms with E-state index in [1.165, 1.54) is 0 Å². The number of aliphatic hydroxyl groups is 1. The van der Waals surface area contributed by atoms with E-state index in [4.69, 9.17) is 9.53 Å². The first-order valence-corrected chi connectivity index (χ1v) is 9.12. The summed E-state index contributed by atoms with van der Waals surface area (Å²) >= 11 is 0. The number of rotatable bonds is 7. The minimum Gasteiger partial charge on any atom is -0.417 e. The fourth-order valence-corrected chi connectivity index (χ4v) is 2.10. The number of aliphatic hydroxyl groups excluding tert-OH is 1. The lowest BCUT2D eigenvalue weighted by Gasteiger charge is -2.36. The minimum atomic E-state index is -1.55. The molecule has 0 aliphatic rings. The van der Waals surface area contributed by atoms with Gasteiger partial charge in [-0.1, -0.05) is 32.9 Å². The molecular formula is C13H28O2Si. The first-order valence-electron chi connectivity index (χ1n) is 6.21. The maximum Gasteiger partial charge on any atom is 0.191 e. The zero-order chi connectivity index (χ0) is 12.7. The van der Waals surface area contributed by atoms with Crippen LogP contribution in [0.3, 0.4) is 0 Å². The van der Waals surface area contributed by atoms with Crippen LogP contribution in [0.5, 0.6) is 0 Å². The second-order valence-corrected chi connectivity index (χ2v) is 10.5. The van der Waals surface area contributed by atoms with Crippen LogP contribution in [0.15, 0.2) is 12.2 Å². The first-order chi connectivity index (χ1) is 7.31. The number of allylic oxidation sites excluding steroid dienone is 1. The van der Waals surface area contributed by atoms with Crippen LogP contribution < -0.4 is 0 Å². The van der Waals surface area contributed by atoms with Gasteiger partial charge in [0.05, 0.1) is 0 Å². The van der Waals surface area contributed by atoms with Gasteiger partial charge < -0.3 is 9.53 Å². The smallest absolute Gasteiger partial charge is 0.191 e. The summed E-state index contributed by atoms with van der Waals surface area (Å²) in [5.74, 6) is 0. The van der Waals surface area contributed by atoms with Crippen LogP contribution in [-0.4, -0.2) is 26.6 Å². The van der Waals surface area contributed by atoms with Crippen LogP contribution >= 0.6 is 0 Å². The Kier molecular flexibility index (Phi) is 7.20. The van der Waals surface area contributed by atoms with Gasteiger partial charge in [-0.2, -0.15) is 0 Å². The zero-order valence-electron chi connectivity index (χ0n) is 11.5. The van der Waals surface area contributed by atoms with Crippen molar-refractivity contribution in [2.75, 3.05) is 13.2 Å². The minimum absolute atomic E-state index is 0.283. The fourth-order valence-electron chi connectivity index (χ4n) is 1.04. The highest BCUT2D eigenvalue weighted by molar-refractivity contribution is 6.74. The summed E-state index contributed by atoms with van der Waals surface area (Å²) in [6, 6.07) is 0. The van der Waals surface area contributed by atoms with Gasteiger partial charge in [0.1, 0.15) is 0 Å². The monoisotopic (exact) mass is 244 g/mol. The van der Waals surface area contributed by atoms with Crippen LogP contribution in [0.2, 0.25) is 18.1 Å². The molecule has 0 radical (unpaired) electrons. The molecule has 0 aliphatic carbocycles. The van der Waals surface area contributed by atoms with Crippen LogP contribution in [-0.2, 0) is 4.43 Å². The van der Waals surface area contributed by atoms with Crippen molar-refractivity contribution in [3.05, 3.63) is 12.2 Å². The third kappa shape index (κ3) is 6.46. The molecule has 0 heterocycles. The number of unbranched alkanes of at least 4 members (excludes halogenated alkanes) is 1. The molecule has 0 atom stereocenters. The van der Waals surface area contributed by atoms with Gasteiger partial charge in [-0.25, -0.2) is 0 Å². The van der Waals surface area contributed by atoms with Gasteiger partial charge in [-0.05, 0) is 37.4 Å². The van der Waals surface area contributed by atoms with E-state index < -0.39 is 8.32 Å². The molecule has 0 aromatic heterocycles. The Balaban J connectivity index is 3.70. The predicted octanol–water partition coefficient (Wildman–Crippen LogP) is 3.73. The largest absolute Gasteiger partial charge is 0.417 e. The Hall–Kier alpha value is -0.123. The fraction of sp³-hybridized carbons (Fsp3) is 0.846. The first kappa shape index (κ1) is 15.9. The Labute approximate surface area is 102 Å². The Morgan fingerprint density at radius 2 is 1.69 bits per heavy atom. The maximum absolute atomic E-state index is 8.61. The van der Waals surface area contributed by atoms with Gasteiger partial charge in [0.25, 0.3) is 0 Å². The lowest BCUT2D eigenvalue weighted by atomic mass is 10.2. The van der Waals surface area contributed by atoms with Crippen molar-refractivity contribution in [3.63, 3.8) is 0 Å². The van der Waals surface area contributed by atoms with Crippen LogP contribution in [0.25, 0.3) is 0 Å². The van der Waals surface area contributed by atoms with E-state index in [1.807, 2.05) is 0 Å². The number of hydrogen-bond donors (Lipinski definition) is 1. The Bertz CT molecular complexity index is 204. The Morgan fingerprint density at radius 3 is 2.19 bits per heavy atom. The molecule has 0 saturated carbocycles. The van der Waals surface area contributed by atoms with E-state index in [9.17, 15) is 0 Å². The molecule has 96 valence electrons. The molecule has 1 N–H and O–H groups in total. The lowest BCUT2D eigenvalue weighted by molar-refractivity contribution is 0.289. The molecule has 0 aromatic carbocycles. The summed E-state index contributed by atoms with van der Waals surface area (Å²) in [6.45, 7) is 12.4.